The van der Waals surface area contributed by atoms with E-state index >= 15 is 0 Å². The fraction of sp³-hybridized carbons (Fsp3) is 0.786. The summed E-state index contributed by atoms with van der Waals surface area (Å²) in [6.45, 7) is 1.08. The first kappa shape index (κ1) is 12.6. The predicted octanol–water partition coefficient (Wildman–Crippen LogP) is 2.25. The Labute approximate surface area is 103 Å². The number of hydrogen-bond acceptors (Lipinski definition) is 2. The zero-order valence-corrected chi connectivity index (χ0v) is 10.5. The zero-order chi connectivity index (χ0) is 12.1. The average molecular weight is 237 g/mol. The number of amides is 1. The van der Waals surface area contributed by atoms with Gasteiger partial charge in [-0.15, -0.1) is 0 Å². The van der Waals surface area contributed by atoms with Crippen LogP contribution in [0.25, 0.3) is 0 Å². The van der Waals surface area contributed by atoms with Crippen LogP contribution in [0.4, 0.5) is 0 Å². The van der Waals surface area contributed by atoms with Crippen molar-refractivity contribution in [1.29, 1.82) is 0 Å². The summed E-state index contributed by atoms with van der Waals surface area (Å²) in [5.74, 6) is 0.272. The highest BCUT2D eigenvalue weighted by atomic mass is 16.3. The molecule has 0 aromatic carbocycles. The highest BCUT2D eigenvalue weighted by Gasteiger charge is 2.28. The minimum absolute atomic E-state index is 0.192. The summed E-state index contributed by atoms with van der Waals surface area (Å²) in [6.07, 6.45) is 10.5. The Kier molecular flexibility index (Phi) is 4.60. The standard InChI is InChI=1S/C14H23NO2/c16-10-8-13-7-4-9-15(13)14(17)11-12-5-2-1-3-6-12/h5,13,16H,1-4,6-11H2. The first-order valence-electron chi connectivity index (χ1n) is 6.89. The Bertz CT molecular complexity index is 299. The smallest absolute Gasteiger partial charge is 0.226 e. The summed E-state index contributed by atoms with van der Waals surface area (Å²) in [5, 5.41) is 9.00. The summed E-state index contributed by atoms with van der Waals surface area (Å²) in [6, 6.07) is 0.289. The van der Waals surface area contributed by atoms with Gasteiger partial charge in [0.05, 0.1) is 0 Å². The molecule has 1 fully saturated rings. The molecule has 1 saturated heterocycles. The van der Waals surface area contributed by atoms with Gasteiger partial charge in [-0.2, -0.15) is 0 Å². The Morgan fingerprint density at radius 1 is 1.41 bits per heavy atom. The zero-order valence-electron chi connectivity index (χ0n) is 10.5. The lowest BCUT2D eigenvalue weighted by molar-refractivity contribution is -0.131. The van der Waals surface area contributed by atoms with Crippen LogP contribution in [0.15, 0.2) is 11.6 Å². The van der Waals surface area contributed by atoms with Crippen LogP contribution >= 0.6 is 0 Å². The van der Waals surface area contributed by atoms with E-state index in [-0.39, 0.29) is 18.6 Å². The number of hydrogen-bond donors (Lipinski definition) is 1. The molecule has 0 bridgehead atoms. The van der Waals surface area contributed by atoms with Crippen LogP contribution in [0.5, 0.6) is 0 Å². The molecule has 96 valence electrons. The largest absolute Gasteiger partial charge is 0.396 e. The number of aliphatic hydroxyl groups excluding tert-OH is 1. The average Bonchev–Trinajstić information content (AvgIpc) is 2.79. The van der Waals surface area contributed by atoms with Crippen LogP contribution in [0, 0.1) is 0 Å². The molecular formula is C14H23NO2. The molecule has 2 aliphatic rings. The first-order chi connectivity index (χ1) is 8.31. The topological polar surface area (TPSA) is 40.5 Å². The Hall–Kier alpha value is -0.830. The quantitative estimate of drug-likeness (QED) is 0.762. The predicted molar refractivity (Wildman–Crippen MR) is 67.6 cm³/mol. The molecule has 0 spiro atoms. The highest BCUT2D eigenvalue weighted by molar-refractivity contribution is 5.79. The van der Waals surface area contributed by atoms with E-state index in [0.29, 0.717) is 6.42 Å². The molecule has 0 aromatic heterocycles. The molecule has 0 aromatic rings. The van der Waals surface area contributed by atoms with E-state index in [1.54, 1.807) is 0 Å². The van der Waals surface area contributed by atoms with Gasteiger partial charge in [0.1, 0.15) is 0 Å². The summed E-state index contributed by atoms with van der Waals surface area (Å²) in [7, 11) is 0. The molecule has 1 aliphatic heterocycles. The number of nitrogens with zero attached hydrogens (tertiary/aromatic N) is 1. The van der Waals surface area contributed by atoms with E-state index in [9.17, 15) is 4.79 Å². The van der Waals surface area contributed by atoms with Gasteiger partial charge in [0.25, 0.3) is 0 Å². The molecule has 2 rings (SSSR count). The van der Waals surface area contributed by atoms with E-state index in [2.05, 4.69) is 6.08 Å². The molecule has 3 nitrogen and oxygen atoms in total. The molecule has 1 heterocycles. The van der Waals surface area contributed by atoms with Crippen LogP contribution in [0.1, 0.15) is 51.4 Å². The number of carbonyl (C=O) groups excluding carboxylic acids is 1. The lowest BCUT2D eigenvalue weighted by Gasteiger charge is -2.25. The van der Waals surface area contributed by atoms with Crippen molar-refractivity contribution in [2.75, 3.05) is 13.2 Å². The number of rotatable bonds is 4. The maximum Gasteiger partial charge on any atom is 0.226 e. The summed E-state index contributed by atoms with van der Waals surface area (Å²) in [4.78, 5) is 14.2. The minimum Gasteiger partial charge on any atom is -0.396 e. The maximum absolute atomic E-state index is 12.2. The van der Waals surface area contributed by atoms with Crippen molar-refractivity contribution in [3.63, 3.8) is 0 Å². The van der Waals surface area contributed by atoms with E-state index in [4.69, 9.17) is 5.11 Å². The molecule has 17 heavy (non-hydrogen) atoms. The molecule has 0 radical (unpaired) electrons. The Balaban J connectivity index is 1.88. The van der Waals surface area contributed by atoms with Crippen molar-refractivity contribution in [1.82, 2.24) is 4.90 Å². The molecular weight excluding hydrogens is 214 g/mol. The van der Waals surface area contributed by atoms with Crippen LogP contribution < -0.4 is 0 Å². The van der Waals surface area contributed by atoms with Crippen LogP contribution in [-0.2, 0) is 4.79 Å². The van der Waals surface area contributed by atoms with E-state index in [1.807, 2.05) is 4.90 Å². The van der Waals surface area contributed by atoms with Crippen LogP contribution in [0.3, 0.4) is 0 Å². The van der Waals surface area contributed by atoms with Crippen molar-refractivity contribution < 1.29 is 9.90 Å². The lowest BCUT2D eigenvalue weighted by Crippen LogP contribution is -2.36. The molecule has 1 N–H and O–H groups in total. The summed E-state index contributed by atoms with van der Waals surface area (Å²) >= 11 is 0. The van der Waals surface area contributed by atoms with Crippen molar-refractivity contribution in [3.8, 4) is 0 Å². The second-order valence-corrected chi connectivity index (χ2v) is 5.18. The van der Waals surface area contributed by atoms with Crippen LogP contribution in [0.2, 0.25) is 0 Å². The van der Waals surface area contributed by atoms with E-state index < -0.39 is 0 Å². The molecule has 1 unspecified atom stereocenters. The van der Waals surface area contributed by atoms with Crippen LogP contribution in [-0.4, -0.2) is 35.1 Å². The number of aliphatic hydroxyl groups is 1. The van der Waals surface area contributed by atoms with Gasteiger partial charge >= 0.3 is 0 Å². The molecule has 3 heteroatoms. The SMILES string of the molecule is O=C(CC1=CCCCC1)N1CCCC1CCO. The number of allylic oxidation sites excluding steroid dienone is 1. The van der Waals surface area contributed by atoms with Gasteiger partial charge in [-0.25, -0.2) is 0 Å². The molecule has 0 saturated carbocycles. The Morgan fingerprint density at radius 3 is 3.00 bits per heavy atom. The van der Waals surface area contributed by atoms with Crippen molar-refractivity contribution in [3.05, 3.63) is 11.6 Å². The molecule has 1 amide bonds. The fourth-order valence-corrected chi connectivity index (χ4v) is 2.97. The first-order valence-corrected chi connectivity index (χ1v) is 6.89. The third-order valence-corrected chi connectivity index (χ3v) is 3.92. The Morgan fingerprint density at radius 2 is 2.29 bits per heavy atom. The van der Waals surface area contributed by atoms with Gasteiger partial charge in [0, 0.05) is 25.6 Å². The molecule has 1 aliphatic carbocycles. The summed E-state index contributed by atoms with van der Waals surface area (Å²) < 4.78 is 0. The second-order valence-electron chi connectivity index (χ2n) is 5.18. The van der Waals surface area contributed by atoms with Gasteiger partial charge in [-0.3, -0.25) is 4.79 Å². The van der Waals surface area contributed by atoms with Gasteiger partial charge in [0.15, 0.2) is 0 Å². The minimum atomic E-state index is 0.192. The third-order valence-electron chi connectivity index (χ3n) is 3.92. The maximum atomic E-state index is 12.2. The number of carbonyl (C=O) groups is 1. The van der Waals surface area contributed by atoms with E-state index in [1.165, 1.54) is 18.4 Å². The van der Waals surface area contributed by atoms with Gasteiger partial charge < -0.3 is 10.0 Å². The van der Waals surface area contributed by atoms with E-state index in [0.717, 1.165) is 38.6 Å². The third kappa shape index (κ3) is 3.32. The number of likely N-dealkylation sites (tertiary alicyclic amines) is 1. The highest BCUT2D eigenvalue weighted by Crippen LogP contribution is 2.25. The van der Waals surface area contributed by atoms with Crippen molar-refractivity contribution in [2.45, 2.75) is 57.4 Å². The fourth-order valence-electron chi connectivity index (χ4n) is 2.97. The van der Waals surface area contributed by atoms with Gasteiger partial charge in [0.2, 0.25) is 5.91 Å². The van der Waals surface area contributed by atoms with Gasteiger partial charge in [-0.1, -0.05) is 11.6 Å². The lowest BCUT2D eigenvalue weighted by atomic mass is 9.96. The van der Waals surface area contributed by atoms with Crippen molar-refractivity contribution >= 4 is 5.91 Å². The molecule has 1 atom stereocenters. The monoisotopic (exact) mass is 237 g/mol. The van der Waals surface area contributed by atoms with Crippen molar-refractivity contribution in [2.24, 2.45) is 0 Å². The summed E-state index contributed by atoms with van der Waals surface area (Å²) in [5.41, 5.74) is 1.33. The normalized spacial score (nSPS) is 24.9. The van der Waals surface area contributed by atoms with Gasteiger partial charge in [-0.05, 0) is 44.9 Å². The second kappa shape index (κ2) is 6.20.